The van der Waals surface area contributed by atoms with Gasteiger partial charge >= 0.3 is 0 Å². The van der Waals surface area contributed by atoms with Crippen LogP contribution in [0.3, 0.4) is 0 Å². The van der Waals surface area contributed by atoms with E-state index in [2.05, 4.69) is 10.6 Å². The fraction of sp³-hybridized carbons (Fsp3) is 0.483. The standard InChI is InChI=1S/C29H44N6O4/c1-29(2,3)39-23-12-9-22(10-13-23)20-33-28(38)25(14-11-21-7-5-4-6-8-21)34-27(37)24(32)19-26(36)35(17-15-30)18-16-31/h4-10,12-13,24-25H,11,14-20,30-32H2,1-3H3,(H,33,38)(H,34,37)/t24-,25-/m0/s1. The number of nitrogens with one attached hydrogen (secondary N) is 2. The summed E-state index contributed by atoms with van der Waals surface area (Å²) in [5.41, 5.74) is 18.8. The summed E-state index contributed by atoms with van der Waals surface area (Å²) < 4.78 is 5.84. The molecule has 0 bridgehead atoms. The first kappa shape index (κ1) is 31.7. The molecule has 2 rings (SSSR count). The highest BCUT2D eigenvalue weighted by molar-refractivity contribution is 5.92. The molecule has 0 saturated heterocycles. The first-order chi connectivity index (χ1) is 18.5. The summed E-state index contributed by atoms with van der Waals surface area (Å²) in [6.07, 6.45) is 0.738. The molecule has 0 spiro atoms. The zero-order valence-electron chi connectivity index (χ0n) is 23.3. The number of hydrogen-bond acceptors (Lipinski definition) is 7. The highest BCUT2D eigenvalue weighted by Gasteiger charge is 2.26. The van der Waals surface area contributed by atoms with E-state index in [9.17, 15) is 14.4 Å². The zero-order chi connectivity index (χ0) is 28.8. The van der Waals surface area contributed by atoms with Crippen LogP contribution in [0, 0.1) is 0 Å². The van der Waals surface area contributed by atoms with Crippen molar-refractivity contribution in [2.24, 2.45) is 17.2 Å². The number of nitrogens with zero attached hydrogens (tertiary/aromatic N) is 1. The van der Waals surface area contributed by atoms with Crippen LogP contribution < -0.4 is 32.6 Å². The molecule has 0 unspecified atom stereocenters. The van der Waals surface area contributed by atoms with Crippen LogP contribution in [-0.2, 0) is 27.3 Å². The molecule has 39 heavy (non-hydrogen) atoms. The SMILES string of the molecule is CC(C)(C)Oc1ccc(CNC(=O)[C@H](CCc2ccccc2)NC(=O)[C@@H](N)CC(=O)N(CCN)CCN)cc1. The Balaban J connectivity index is 2.03. The maximum atomic E-state index is 13.2. The van der Waals surface area contributed by atoms with Gasteiger partial charge in [0, 0.05) is 32.7 Å². The summed E-state index contributed by atoms with van der Waals surface area (Å²) in [5, 5.41) is 5.65. The number of rotatable bonds is 15. The molecule has 0 aliphatic carbocycles. The third kappa shape index (κ3) is 11.8. The van der Waals surface area contributed by atoms with Gasteiger partial charge in [0.2, 0.25) is 17.7 Å². The van der Waals surface area contributed by atoms with Crippen molar-refractivity contribution in [3.63, 3.8) is 0 Å². The smallest absolute Gasteiger partial charge is 0.242 e. The second kappa shape index (κ2) is 15.8. The lowest BCUT2D eigenvalue weighted by atomic mass is 10.0. The van der Waals surface area contributed by atoms with E-state index >= 15 is 0 Å². The van der Waals surface area contributed by atoms with E-state index < -0.39 is 18.0 Å². The Morgan fingerprint density at radius 2 is 1.51 bits per heavy atom. The fourth-order valence-electron chi connectivity index (χ4n) is 3.93. The number of ether oxygens (including phenoxy) is 1. The van der Waals surface area contributed by atoms with Crippen LogP contribution in [0.4, 0.5) is 0 Å². The Bertz CT molecular complexity index is 1030. The second-order valence-corrected chi connectivity index (χ2v) is 10.4. The fourth-order valence-corrected chi connectivity index (χ4v) is 3.93. The Labute approximate surface area is 231 Å². The molecular weight excluding hydrogens is 496 g/mol. The number of hydrogen-bond donors (Lipinski definition) is 5. The minimum atomic E-state index is -1.11. The topological polar surface area (TPSA) is 166 Å². The van der Waals surface area contributed by atoms with Gasteiger partial charge in [-0.25, -0.2) is 0 Å². The van der Waals surface area contributed by atoms with Gasteiger partial charge in [0.1, 0.15) is 17.4 Å². The number of nitrogens with two attached hydrogens (primary N) is 3. The molecular formula is C29H44N6O4. The third-order valence-corrected chi connectivity index (χ3v) is 5.89. The van der Waals surface area contributed by atoms with Crippen LogP contribution in [0.15, 0.2) is 54.6 Å². The average Bonchev–Trinajstić information content (AvgIpc) is 2.89. The van der Waals surface area contributed by atoms with Crippen molar-refractivity contribution in [1.29, 1.82) is 0 Å². The van der Waals surface area contributed by atoms with Gasteiger partial charge in [-0.2, -0.15) is 0 Å². The van der Waals surface area contributed by atoms with Gasteiger partial charge in [-0.1, -0.05) is 42.5 Å². The van der Waals surface area contributed by atoms with E-state index in [0.717, 1.165) is 16.9 Å². The second-order valence-electron chi connectivity index (χ2n) is 10.4. The highest BCUT2D eigenvalue weighted by atomic mass is 16.5. The van der Waals surface area contributed by atoms with Crippen LogP contribution in [-0.4, -0.2) is 66.5 Å². The maximum Gasteiger partial charge on any atom is 0.242 e. The molecule has 8 N–H and O–H groups in total. The molecule has 3 amide bonds. The molecule has 0 aliphatic rings. The van der Waals surface area contributed by atoms with Crippen LogP contribution in [0.25, 0.3) is 0 Å². The van der Waals surface area contributed by atoms with Crippen molar-refractivity contribution in [3.05, 3.63) is 65.7 Å². The molecule has 0 saturated carbocycles. The first-order valence-electron chi connectivity index (χ1n) is 13.4. The van der Waals surface area contributed by atoms with Crippen molar-refractivity contribution in [2.75, 3.05) is 26.2 Å². The van der Waals surface area contributed by atoms with Crippen LogP contribution >= 0.6 is 0 Å². The number of aryl methyl sites for hydroxylation is 1. The van der Waals surface area contributed by atoms with E-state index in [1.54, 1.807) is 0 Å². The summed E-state index contributed by atoms with van der Waals surface area (Å²) in [5.74, 6) is -0.468. The Hall–Kier alpha value is -3.47. The van der Waals surface area contributed by atoms with Gasteiger partial charge in [-0.15, -0.1) is 0 Å². The number of carbonyl (C=O) groups is 3. The number of carbonyl (C=O) groups excluding carboxylic acids is 3. The summed E-state index contributed by atoms with van der Waals surface area (Å²) in [4.78, 5) is 40.2. The number of benzene rings is 2. The normalized spacial score (nSPS) is 12.8. The van der Waals surface area contributed by atoms with Crippen LogP contribution in [0.1, 0.15) is 44.7 Å². The predicted octanol–water partition coefficient (Wildman–Crippen LogP) is 1.06. The van der Waals surface area contributed by atoms with Crippen LogP contribution in [0.2, 0.25) is 0 Å². The molecule has 0 aromatic heterocycles. The lowest BCUT2D eigenvalue weighted by Crippen LogP contribution is -2.53. The lowest BCUT2D eigenvalue weighted by Gasteiger charge is -2.24. The molecule has 10 heteroatoms. The van der Waals surface area contributed by atoms with E-state index in [-0.39, 0.29) is 43.5 Å². The largest absolute Gasteiger partial charge is 0.488 e. The Morgan fingerprint density at radius 1 is 0.897 bits per heavy atom. The van der Waals surface area contributed by atoms with Gasteiger partial charge in [0.05, 0.1) is 12.5 Å². The Kier molecular flexibility index (Phi) is 12.9. The molecule has 0 heterocycles. The van der Waals surface area contributed by atoms with Crippen LogP contribution in [0.5, 0.6) is 5.75 Å². The molecule has 2 aromatic carbocycles. The average molecular weight is 541 g/mol. The predicted molar refractivity (Wildman–Crippen MR) is 153 cm³/mol. The molecule has 0 aliphatic heterocycles. The molecule has 214 valence electrons. The van der Waals surface area contributed by atoms with Gasteiger partial charge in [-0.3, -0.25) is 14.4 Å². The molecule has 2 aromatic rings. The molecule has 10 nitrogen and oxygen atoms in total. The van der Waals surface area contributed by atoms with Crippen molar-refractivity contribution in [1.82, 2.24) is 15.5 Å². The van der Waals surface area contributed by atoms with Gasteiger partial charge < -0.3 is 37.5 Å². The zero-order valence-corrected chi connectivity index (χ0v) is 23.3. The minimum absolute atomic E-state index is 0.207. The lowest BCUT2D eigenvalue weighted by molar-refractivity contribution is -0.135. The third-order valence-electron chi connectivity index (χ3n) is 5.89. The van der Waals surface area contributed by atoms with E-state index in [1.807, 2.05) is 75.4 Å². The van der Waals surface area contributed by atoms with Gasteiger partial charge in [-0.05, 0) is 56.9 Å². The van der Waals surface area contributed by atoms with Crippen molar-refractivity contribution >= 4 is 17.7 Å². The van der Waals surface area contributed by atoms with Crippen molar-refractivity contribution < 1.29 is 19.1 Å². The molecule has 0 fully saturated rings. The molecule has 0 radical (unpaired) electrons. The van der Waals surface area contributed by atoms with Gasteiger partial charge in [0.25, 0.3) is 0 Å². The van der Waals surface area contributed by atoms with Crippen molar-refractivity contribution in [3.8, 4) is 5.75 Å². The van der Waals surface area contributed by atoms with E-state index in [4.69, 9.17) is 21.9 Å². The monoisotopic (exact) mass is 540 g/mol. The summed E-state index contributed by atoms with van der Waals surface area (Å²) in [6, 6.07) is 15.2. The van der Waals surface area contributed by atoms with Crippen molar-refractivity contribution in [2.45, 2.75) is 64.3 Å². The Morgan fingerprint density at radius 3 is 2.08 bits per heavy atom. The quantitative estimate of drug-likeness (QED) is 0.225. The van der Waals surface area contributed by atoms with E-state index in [1.165, 1.54) is 4.90 Å². The summed E-state index contributed by atoms with van der Waals surface area (Å²) in [6.45, 7) is 7.42. The highest BCUT2D eigenvalue weighted by Crippen LogP contribution is 2.18. The maximum absolute atomic E-state index is 13.2. The first-order valence-corrected chi connectivity index (χ1v) is 13.4. The summed E-state index contributed by atoms with van der Waals surface area (Å²) in [7, 11) is 0. The van der Waals surface area contributed by atoms with Gasteiger partial charge in [0.15, 0.2) is 0 Å². The number of amides is 3. The minimum Gasteiger partial charge on any atom is -0.488 e. The van der Waals surface area contributed by atoms with E-state index in [0.29, 0.717) is 25.9 Å². The molecule has 2 atom stereocenters. The summed E-state index contributed by atoms with van der Waals surface area (Å²) >= 11 is 0.